The second-order valence-electron chi connectivity index (χ2n) is 7.57. The van der Waals surface area contributed by atoms with Crippen molar-refractivity contribution in [1.29, 1.82) is 0 Å². The van der Waals surface area contributed by atoms with Crippen molar-refractivity contribution >= 4 is 56.5 Å². The summed E-state index contributed by atoms with van der Waals surface area (Å²) in [7, 11) is 1.33. The number of esters is 1. The smallest absolute Gasteiger partial charge is 0.341 e. The minimum atomic E-state index is -0.492. The van der Waals surface area contributed by atoms with E-state index in [1.165, 1.54) is 30.2 Å². The fourth-order valence-corrected chi connectivity index (χ4v) is 5.57. The number of ether oxygens (including phenoxy) is 1. The third kappa shape index (κ3) is 4.04. The van der Waals surface area contributed by atoms with E-state index in [0.29, 0.717) is 15.7 Å². The molecule has 3 aromatic heterocycles. The number of aryl methyl sites for hydroxylation is 1. The van der Waals surface area contributed by atoms with E-state index in [4.69, 9.17) is 4.74 Å². The monoisotopic (exact) mass is 488 g/mol. The summed E-state index contributed by atoms with van der Waals surface area (Å²) in [5.41, 5.74) is 4.80. The van der Waals surface area contributed by atoms with E-state index < -0.39 is 5.97 Å². The van der Waals surface area contributed by atoms with E-state index in [1.807, 2.05) is 71.3 Å². The van der Waals surface area contributed by atoms with Gasteiger partial charge in [-0.05, 0) is 30.2 Å². The Morgan fingerprint density at radius 2 is 1.85 bits per heavy atom. The zero-order chi connectivity index (χ0) is 23.7. The number of thioether (sulfide) groups is 1. The molecular weight excluding hydrogens is 468 g/mol. The van der Waals surface area contributed by atoms with Crippen LogP contribution < -0.4 is 5.32 Å². The first-order valence-corrected chi connectivity index (χ1v) is 12.3. The van der Waals surface area contributed by atoms with Gasteiger partial charge in [-0.25, -0.2) is 4.79 Å². The Kier molecular flexibility index (Phi) is 6.04. The van der Waals surface area contributed by atoms with Crippen LogP contribution in [0.25, 0.3) is 27.7 Å². The van der Waals surface area contributed by atoms with Crippen LogP contribution in [0, 0.1) is 6.92 Å². The zero-order valence-corrected chi connectivity index (χ0v) is 20.1. The molecule has 0 radical (unpaired) electrons. The predicted molar refractivity (Wildman–Crippen MR) is 136 cm³/mol. The number of fused-ring (bicyclic) bond motifs is 3. The van der Waals surface area contributed by atoms with Gasteiger partial charge in [0.15, 0.2) is 10.8 Å². The minimum absolute atomic E-state index is 0.113. The summed E-state index contributed by atoms with van der Waals surface area (Å²) in [5, 5.41) is 15.5. The van der Waals surface area contributed by atoms with Crippen LogP contribution in [0.4, 0.5) is 5.00 Å². The first-order valence-electron chi connectivity index (χ1n) is 10.5. The summed E-state index contributed by atoms with van der Waals surface area (Å²) in [4.78, 5) is 25.4. The number of pyridine rings is 1. The summed E-state index contributed by atoms with van der Waals surface area (Å²) < 4.78 is 6.94. The van der Waals surface area contributed by atoms with E-state index >= 15 is 0 Å². The van der Waals surface area contributed by atoms with Crippen molar-refractivity contribution in [3.05, 3.63) is 77.2 Å². The Bertz CT molecular complexity index is 1530. The number of rotatable bonds is 6. The lowest BCUT2D eigenvalue weighted by molar-refractivity contribution is -0.113. The van der Waals surface area contributed by atoms with Crippen LogP contribution >= 0.6 is 23.1 Å². The first-order chi connectivity index (χ1) is 16.6. The van der Waals surface area contributed by atoms with Crippen LogP contribution in [0.2, 0.25) is 0 Å². The number of methoxy groups -OCH3 is 1. The van der Waals surface area contributed by atoms with E-state index in [0.717, 1.165) is 33.2 Å². The molecule has 0 unspecified atom stereocenters. The molecule has 3 heterocycles. The SMILES string of the molecule is COC(=O)c1c(-c2ccccc2)csc1NC(=O)CSc1nnc2cc(C)c3ccccc3n12. The average Bonchev–Trinajstić information content (AvgIpc) is 3.47. The highest BCUT2D eigenvalue weighted by atomic mass is 32.2. The largest absolute Gasteiger partial charge is 0.465 e. The molecule has 7 nitrogen and oxygen atoms in total. The molecule has 1 N–H and O–H groups in total. The van der Waals surface area contributed by atoms with Crippen molar-refractivity contribution in [1.82, 2.24) is 14.6 Å². The number of amides is 1. The number of nitrogens with one attached hydrogen (secondary N) is 1. The van der Waals surface area contributed by atoms with Crippen molar-refractivity contribution in [2.45, 2.75) is 12.1 Å². The number of benzene rings is 2. The summed E-state index contributed by atoms with van der Waals surface area (Å²) in [6, 6.07) is 19.6. The van der Waals surface area contributed by atoms with Gasteiger partial charge in [0.05, 0.1) is 18.4 Å². The van der Waals surface area contributed by atoms with Gasteiger partial charge in [0, 0.05) is 16.3 Å². The van der Waals surface area contributed by atoms with Gasteiger partial charge in [0.2, 0.25) is 5.91 Å². The Labute approximate surface area is 203 Å². The molecule has 0 bridgehead atoms. The molecule has 0 atom stereocenters. The third-order valence-electron chi connectivity index (χ3n) is 5.42. The lowest BCUT2D eigenvalue weighted by atomic mass is 10.0. The molecular formula is C25H20N4O3S2. The summed E-state index contributed by atoms with van der Waals surface area (Å²) >= 11 is 2.59. The number of para-hydroxylation sites is 1. The Hall–Kier alpha value is -3.69. The van der Waals surface area contributed by atoms with Gasteiger partial charge in [-0.2, -0.15) is 0 Å². The Balaban J connectivity index is 1.39. The Morgan fingerprint density at radius 1 is 1.09 bits per heavy atom. The number of hydrogen-bond donors (Lipinski definition) is 1. The maximum atomic E-state index is 12.8. The quantitative estimate of drug-likeness (QED) is 0.253. The maximum absolute atomic E-state index is 12.8. The highest BCUT2D eigenvalue weighted by Gasteiger charge is 2.22. The zero-order valence-electron chi connectivity index (χ0n) is 18.4. The van der Waals surface area contributed by atoms with E-state index in [1.54, 1.807) is 0 Å². The maximum Gasteiger partial charge on any atom is 0.341 e. The van der Waals surface area contributed by atoms with Crippen molar-refractivity contribution in [2.24, 2.45) is 0 Å². The van der Waals surface area contributed by atoms with Gasteiger partial charge in [-0.3, -0.25) is 9.20 Å². The van der Waals surface area contributed by atoms with Crippen LogP contribution in [0.3, 0.4) is 0 Å². The molecule has 0 saturated heterocycles. The van der Waals surface area contributed by atoms with E-state index in [9.17, 15) is 9.59 Å². The van der Waals surface area contributed by atoms with Gasteiger partial charge in [0.1, 0.15) is 10.6 Å². The van der Waals surface area contributed by atoms with Gasteiger partial charge >= 0.3 is 5.97 Å². The van der Waals surface area contributed by atoms with Gasteiger partial charge in [-0.1, -0.05) is 60.3 Å². The van der Waals surface area contributed by atoms with Crippen LogP contribution in [-0.2, 0) is 9.53 Å². The second-order valence-corrected chi connectivity index (χ2v) is 9.39. The van der Waals surface area contributed by atoms with E-state index in [-0.39, 0.29) is 11.7 Å². The van der Waals surface area contributed by atoms with Gasteiger partial charge in [-0.15, -0.1) is 21.5 Å². The number of hydrogen-bond acceptors (Lipinski definition) is 7. The van der Waals surface area contributed by atoms with Crippen molar-refractivity contribution in [3.63, 3.8) is 0 Å². The normalized spacial score (nSPS) is 11.1. The number of carbonyl (C=O) groups excluding carboxylic acids is 2. The lowest BCUT2D eigenvalue weighted by Gasteiger charge is -2.08. The fourth-order valence-electron chi connectivity index (χ4n) is 3.85. The number of thiophene rings is 1. The summed E-state index contributed by atoms with van der Waals surface area (Å²) in [6.07, 6.45) is 0. The lowest BCUT2D eigenvalue weighted by Crippen LogP contribution is -2.16. The van der Waals surface area contributed by atoms with E-state index in [2.05, 4.69) is 21.6 Å². The molecule has 2 aromatic carbocycles. The third-order valence-corrected chi connectivity index (χ3v) is 7.25. The molecule has 170 valence electrons. The number of aromatic nitrogens is 3. The molecule has 0 aliphatic heterocycles. The molecule has 9 heteroatoms. The van der Waals surface area contributed by atoms with Crippen LogP contribution in [0.15, 0.2) is 71.2 Å². The number of anilines is 1. The molecule has 0 aliphatic carbocycles. The van der Waals surface area contributed by atoms with Crippen molar-refractivity contribution < 1.29 is 14.3 Å². The van der Waals surface area contributed by atoms with Crippen molar-refractivity contribution in [2.75, 3.05) is 18.2 Å². The van der Waals surface area contributed by atoms with Gasteiger partial charge in [0.25, 0.3) is 0 Å². The van der Waals surface area contributed by atoms with Crippen molar-refractivity contribution in [3.8, 4) is 11.1 Å². The van der Waals surface area contributed by atoms with Crippen LogP contribution in [-0.4, -0.2) is 39.3 Å². The second kappa shape index (κ2) is 9.28. The molecule has 0 saturated carbocycles. The number of carbonyl (C=O) groups is 2. The molecule has 0 spiro atoms. The van der Waals surface area contributed by atoms with Crippen LogP contribution in [0.1, 0.15) is 15.9 Å². The summed E-state index contributed by atoms with van der Waals surface area (Å²) in [6.45, 7) is 2.04. The topological polar surface area (TPSA) is 85.6 Å². The minimum Gasteiger partial charge on any atom is -0.465 e. The molecule has 34 heavy (non-hydrogen) atoms. The molecule has 0 aliphatic rings. The molecule has 1 amide bonds. The van der Waals surface area contributed by atoms with Gasteiger partial charge < -0.3 is 10.1 Å². The predicted octanol–water partition coefficient (Wildman–Crippen LogP) is 5.44. The first kappa shape index (κ1) is 22.1. The average molecular weight is 489 g/mol. The highest BCUT2D eigenvalue weighted by molar-refractivity contribution is 7.99. The fraction of sp³-hybridized carbons (Fsp3) is 0.120. The molecule has 5 aromatic rings. The highest BCUT2D eigenvalue weighted by Crippen LogP contribution is 2.36. The summed E-state index contributed by atoms with van der Waals surface area (Å²) in [5.74, 6) is -0.625. The molecule has 5 rings (SSSR count). The Morgan fingerprint density at radius 3 is 2.65 bits per heavy atom. The molecule has 0 fully saturated rings. The number of nitrogens with zero attached hydrogens (tertiary/aromatic N) is 3. The standard InChI is InChI=1S/C25H20N4O3S2/c1-15-12-20-27-28-25(29(20)19-11-7-6-10-17(15)19)34-14-21(30)26-23-22(24(31)32-2)18(13-33-23)16-8-4-3-5-9-16/h3-13H,14H2,1-2H3,(H,26,30). The van der Waals surface area contributed by atoms with Crippen LogP contribution in [0.5, 0.6) is 0 Å².